The molecule has 1 nitrogen and oxygen atoms in total. The van der Waals surface area contributed by atoms with Crippen molar-refractivity contribution in [3.8, 4) is 0 Å². The Balaban J connectivity index is 1.69. The van der Waals surface area contributed by atoms with Crippen molar-refractivity contribution in [3.63, 3.8) is 0 Å². The number of hydrogen-bond donors (Lipinski definition) is 1. The molecule has 0 amide bonds. The van der Waals surface area contributed by atoms with Crippen LogP contribution in [0.5, 0.6) is 0 Å². The molecule has 1 aromatic rings. The van der Waals surface area contributed by atoms with Crippen molar-refractivity contribution in [2.45, 2.75) is 39.2 Å². The van der Waals surface area contributed by atoms with Crippen LogP contribution < -0.4 is 5.32 Å². The molecule has 0 saturated heterocycles. The van der Waals surface area contributed by atoms with Crippen LogP contribution in [0.4, 0.5) is 0 Å². The van der Waals surface area contributed by atoms with Crippen LogP contribution in [-0.2, 0) is 6.54 Å². The smallest absolute Gasteiger partial charge is 0.0206 e. The topological polar surface area (TPSA) is 12.0 Å². The molecule has 94 valence electrons. The van der Waals surface area contributed by atoms with Gasteiger partial charge in [0.2, 0.25) is 0 Å². The van der Waals surface area contributed by atoms with Crippen molar-refractivity contribution >= 4 is 15.9 Å². The maximum absolute atomic E-state index is 3.59. The van der Waals surface area contributed by atoms with Crippen LogP contribution in [0.15, 0.2) is 28.7 Å². The van der Waals surface area contributed by atoms with Crippen LogP contribution in [-0.4, -0.2) is 6.54 Å². The number of rotatable bonds is 4. The minimum absolute atomic E-state index is 0.901. The maximum Gasteiger partial charge on any atom is 0.0206 e. The zero-order valence-corrected chi connectivity index (χ0v) is 12.2. The highest BCUT2D eigenvalue weighted by Crippen LogP contribution is 2.27. The minimum atomic E-state index is 0.901. The van der Waals surface area contributed by atoms with E-state index in [1.807, 2.05) is 0 Å². The Labute approximate surface area is 113 Å². The van der Waals surface area contributed by atoms with Crippen molar-refractivity contribution in [2.24, 2.45) is 11.8 Å². The van der Waals surface area contributed by atoms with E-state index in [2.05, 4.69) is 52.4 Å². The van der Waals surface area contributed by atoms with Gasteiger partial charge in [0.05, 0.1) is 0 Å². The molecule has 0 heterocycles. The number of benzene rings is 1. The number of halogens is 1. The van der Waals surface area contributed by atoms with Gasteiger partial charge in [-0.2, -0.15) is 0 Å². The van der Waals surface area contributed by atoms with E-state index in [4.69, 9.17) is 0 Å². The molecule has 0 aromatic heterocycles. The largest absolute Gasteiger partial charge is 0.312 e. The molecule has 0 unspecified atom stereocenters. The highest BCUT2D eigenvalue weighted by molar-refractivity contribution is 9.10. The lowest BCUT2D eigenvalue weighted by atomic mass is 9.83. The summed E-state index contributed by atoms with van der Waals surface area (Å²) in [7, 11) is 0. The molecule has 1 N–H and O–H groups in total. The van der Waals surface area contributed by atoms with Crippen molar-refractivity contribution < 1.29 is 0 Å². The molecule has 1 aliphatic rings. The molecule has 2 heteroatoms. The fourth-order valence-corrected chi connectivity index (χ4v) is 3.05. The normalized spacial score (nSPS) is 24.8. The molecule has 1 fully saturated rings. The molecule has 1 aromatic carbocycles. The Bertz CT molecular complexity index is 343. The lowest BCUT2D eigenvalue weighted by molar-refractivity contribution is 0.281. The Morgan fingerprint density at radius 3 is 2.71 bits per heavy atom. The summed E-state index contributed by atoms with van der Waals surface area (Å²) in [4.78, 5) is 0. The summed E-state index contributed by atoms with van der Waals surface area (Å²) in [5.74, 6) is 1.86. The molecule has 17 heavy (non-hydrogen) atoms. The van der Waals surface area contributed by atoms with E-state index < -0.39 is 0 Å². The standard InChI is InChI=1S/C15H22BrN/c1-12-5-7-13(8-6-12)10-17-11-14-3-2-4-15(16)9-14/h2-4,9,12-13,17H,5-8,10-11H2,1H3. The molecule has 1 saturated carbocycles. The molecule has 1 aliphatic carbocycles. The Morgan fingerprint density at radius 2 is 2.00 bits per heavy atom. The summed E-state index contributed by atoms with van der Waals surface area (Å²) in [5, 5.41) is 3.59. The highest BCUT2D eigenvalue weighted by atomic mass is 79.9. The van der Waals surface area contributed by atoms with Crippen molar-refractivity contribution in [1.29, 1.82) is 0 Å². The Kier molecular flexibility index (Phi) is 5.05. The van der Waals surface area contributed by atoms with E-state index in [1.54, 1.807) is 0 Å². The maximum atomic E-state index is 3.59. The first-order valence-electron chi connectivity index (χ1n) is 6.69. The van der Waals surface area contributed by atoms with Gasteiger partial charge in [-0.1, -0.05) is 47.8 Å². The number of hydrogen-bond acceptors (Lipinski definition) is 1. The molecule has 0 spiro atoms. The zero-order chi connectivity index (χ0) is 12.1. The lowest BCUT2D eigenvalue weighted by Gasteiger charge is -2.26. The van der Waals surface area contributed by atoms with Gasteiger partial charge in [-0.05, 0) is 48.9 Å². The van der Waals surface area contributed by atoms with E-state index in [1.165, 1.54) is 42.3 Å². The molecule has 0 aliphatic heterocycles. The summed E-state index contributed by atoms with van der Waals surface area (Å²) in [6, 6.07) is 8.55. The first kappa shape index (κ1) is 13.1. The van der Waals surface area contributed by atoms with Crippen LogP contribution in [0.3, 0.4) is 0 Å². The Hall–Kier alpha value is -0.340. The molecule has 0 bridgehead atoms. The highest BCUT2D eigenvalue weighted by Gasteiger charge is 2.17. The van der Waals surface area contributed by atoms with Crippen LogP contribution in [0, 0.1) is 11.8 Å². The van der Waals surface area contributed by atoms with E-state index in [9.17, 15) is 0 Å². The zero-order valence-electron chi connectivity index (χ0n) is 10.6. The van der Waals surface area contributed by atoms with Gasteiger partial charge in [-0.25, -0.2) is 0 Å². The monoisotopic (exact) mass is 295 g/mol. The SMILES string of the molecule is CC1CCC(CNCc2cccc(Br)c2)CC1. The van der Waals surface area contributed by atoms with Gasteiger partial charge in [0.15, 0.2) is 0 Å². The second kappa shape index (κ2) is 6.55. The third-order valence-electron chi connectivity index (χ3n) is 3.79. The summed E-state index contributed by atoms with van der Waals surface area (Å²) in [6.45, 7) is 4.55. The molecule has 0 radical (unpaired) electrons. The first-order chi connectivity index (χ1) is 8.24. The van der Waals surface area contributed by atoms with Crippen LogP contribution in [0.25, 0.3) is 0 Å². The minimum Gasteiger partial charge on any atom is -0.312 e. The second-order valence-corrected chi connectivity index (χ2v) is 6.30. The molecular weight excluding hydrogens is 274 g/mol. The van der Waals surface area contributed by atoms with Crippen LogP contribution in [0.2, 0.25) is 0 Å². The van der Waals surface area contributed by atoms with Gasteiger partial charge in [-0.15, -0.1) is 0 Å². The van der Waals surface area contributed by atoms with Crippen molar-refractivity contribution in [1.82, 2.24) is 5.32 Å². The molecule has 0 atom stereocenters. The van der Waals surface area contributed by atoms with E-state index in [0.29, 0.717) is 0 Å². The number of nitrogens with one attached hydrogen (secondary N) is 1. The van der Waals surface area contributed by atoms with E-state index in [0.717, 1.165) is 18.4 Å². The summed E-state index contributed by atoms with van der Waals surface area (Å²) in [6.07, 6.45) is 5.66. The van der Waals surface area contributed by atoms with Gasteiger partial charge in [0.25, 0.3) is 0 Å². The Morgan fingerprint density at radius 1 is 1.24 bits per heavy atom. The van der Waals surface area contributed by atoms with Gasteiger partial charge >= 0.3 is 0 Å². The summed E-state index contributed by atoms with van der Waals surface area (Å²) in [5.41, 5.74) is 1.36. The van der Waals surface area contributed by atoms with Crippen LogP contribution >= 0.6 is 15.9 Å². The second-order valence-electron chi connectivity index (χ2n) is 5.39. The van der Waals surface area contributed by atoms with Gasteiger partial charge in [0.1, 0.15) is 0 Å². The molecular formula is C15H22BrN. The van der Waals surface area contributed by atoms with Crippen LogP contribution in [0.1, 0.15) is 38.2 Å². The predicted octanol–water partition coefficient (Wildman–Crippen LogP) is 4.37. The summed E-state index contributed by atoms with van der Waals surface area (Å²) >= 11 is 3.51. The fourth-order valence-electron chi connectivity index (χ4n) is 2.60. The molecule has 2 rings (SSSR count). The average molecular weight is 296 g/mol. The van der Waals surface area contributed by atoms with Crippen molar-refractivity contribution in [3.05, 3.63) is 34.3 Å². The third kappa shape index (κ3) is 4.44. The fraction of sp³-hybridized carbons (Fsp3) is 0.600. The van der Waals surface area contributed by atoms with E-state index in [-0.39, 0.29) is 0 Å². The third-order valence-corrected chi connectivity index (χ3v) is 4.28. The van der Waals surface area contributed by atoms with Crippen molar-refractivity contribution in [2.75, 3.05) is 6.54 Å². The van der Waals surface area contributed by atoms with E-state index >= 15 is 0 Å². The van der Waals surface area contributed by atoms with Gasteiger partial charge < -0.3 is 5.32 Å². The lowest BCUT2D eigenvalue weighted by Crippen LogP contribution is -2.25. The van der Waals surface area contributed by atoms with Gasteiger partial charge in [-0.3, -0.25) is 0 Å². The van der Waals surface area contributed by atoms with Gasteiger partial charge in [0, 0.05) is 11.0 Å². The first-order valence-corrected chi connectivity index (χ1v) is 7.48. The predicted molar refractivity (Wildman–Crippen MR) is 77.0 cm³/mol. The summed E-state index contributed by atoms with van der Waals surface area (Å²) < 4.78 is 1.17. The average Bonchev–Trinajstić information content (AvgIpc) is 2.32. The quantitative estimate of drug-likeness (QED) is 0.870.